The van der Waals surface area contributed by atoms with Gasteiger partial charge in [0.1, 0.15) is 0 Å². The molecule has 6 aromatic rings. The van der Waals surface area contributed by atoms with Gasteiger partial charge in [-0.2, -0.15) is 26.3 Å². The number of alkyl halides is 6. The van der Waals surface area contributed by atoms with Crippen molar-refractivity contribution in [3.63, 3.8) is 0 Å². The summed E-state index contributed by atoms with van der Waals surface area (Å²) >= 11 is 20.8. The standard InChI is InChI=1S/C29H10Br4F6S6/c30-19-5-1-13(40-19)17-9-11(25(44-17)15-3-7-21(32)42-15)23-24(28(36,37)29(38,39)27(23,34)35)12-10-18(14-2-6-20(31)41-14)45-26(12)16-4-8-22(33)43-16/h1-10H. The van der Waals surface area contributed by atoms with Crippen LogP contribution in [-0.4, -0.2) is 17.8 Å². The van der Waals surface area contributed by atoms with E-state index in [1.807, 2.05) is 0 Å². The first-order valence-corrected chi connectivity index (χ1v) is 20.5. The Hall–Kier alpha value is -0.560. The lowest BCUT2D eigenvalue weighted by Gasteiger charge is -2.25. The Kier molecular flexibility index (Phi) is 8.64. The van der Waals surface area contributed by atoms with Crippen molar-refractivity contribution in [1.29, 1.82) is 0 Å². The van der Waals surface area contributed by atoms with Gasteiger partial charge in [-0.1, -0.05) is 0 Å². The molecule has 0 saturated carbocycles. The fraction of sp³-hybridized carbons (Fsp3) is 0.103. The van der Waals surface area contributed by atoms with Gasteiger partial charge in [0.15, 0.2) is 0 Å². The van der Waals surface area contributed by atoms with Crippen LogP contribution in [0.4, 0.5) is 26.3 Å². The van der Waals surface area contributed by atoms with E-state index in [1.54, 1.807) is 48.5 Å². The minimum Gasteiger partial charge on any atom is -0.194 e. The predicted octanol–water partition coefficient (Wildman–Crippen LogP) is 15.6. The van der Waals surface area contributed by atoms with Crippen molar-refractivity contribution in [2.24, 2.45) is 0 Å². The van der Waals surface area contributed by atoms with Gasteiger partial charge in [0, 0.05) is 51.5 Å². The Bertz CT molecular complexity index is 1980. The molecule has 6 aromatic heterocycles. The van der Waals surface area contributed by atoms with E-state index in [0.717, 1.165) is 30.2 Å². The van der Waals surface area contributed by atoms with Crippen molar-refractivity contribution in [2.75, 3.05) is 0 Å². The summed E-state index contributed by atoms with van der Waals surface area (Å²) in [5.41, 5.74) is -3.39. The van der Waals surface area contributed by atoms with Crippen LogP contribution in [-0.2, 0) is 0 Å². The molecular formula is C29H10Br4F6S6. The van der Waals surface area contributed by atoms with E-state index in [2.05, 4.69) is 63.7 Å². The molecule has 0 fully saturated rings. The maximum atomic E-state index is 16.2. The topological polar surface area (TPSA) is 0 Å². The number of rotatable bonds is 6. The molecule has 0 saturated heterocycles. The third kappa shape index (κ3) is 5.41. The Morgan fingerprint density at radius 3 is 1.00 bits per heavy atom. The lowest BCUT2D eigenvalue weighted by Crippen LogP contribution is -2.48. The second kappa shape index (κ2) is 11.8. The van der Waals surface area contributed by atoms with Crippen LogP contribution in [0.25, 0.3) is 50.2 Å². The quantitative estimate of drug-likeness (QED) is 0.146. The van der Waals surface area contributed by atoms with Gasteiger partial charge in [0.25, 0.3) is 0 Å². The SMILES string of the molecule is FC1(F)C(c2cc(-c3ccc(Br)s3)sc2-c2ccc(Br)s2)=C(c2cc(-c3ccc(Br)s3)sc2-c2ccc(Br)s2)C(F)(F)C1(F)F. The number of allylic oxidation sites excluding steroid dienone is 2. The summed E-state index contributed by atoms with van der Waals surface area (Å²) < 4.78 is 98.8. The molecule has 232 valence electrons. The number of halogens is 10. The van der Waals surface area contributed by atoms with E-state index in [-0.39, 0.29) is 20.9 Å². The fourth-order valence-corrected chi connectivity index (χ4v) is 13.2. The maximum Gasteiger partial charge on any atom is 0.380 e. The van der Waals surface area contributed by atoms with Crippen LogP contribution < -0.4 is 0 Å². The molecular weight excluding hydrogens is 974 g/mol. The van der Waals surface area contributed by atoms with Crippen LogP contribution in [0.2, 0.25) is 0 Å². The van der Waals surface area contributed by atoms with Gasteiger partial charge in [0.2, 0.25) is 0 Å². The lowest BCUT2D eigenvalue weighted by atomic mass is 9.94. The Morgan fingerprint density at radius 2 is 0.711 bits per heavy atom. The van der Waals surface area contributed by atoms with Gasteiger partial charge < -0.3 is 0 Å². The third-order valence-corrected chi connectivity index (χ3v) is 16.4. The molecule has 16 heteroatoms. The second-order valence-corrected chi connectivity index (χ2v) is 21.6. The molecule has 0 amide bonds. The fourth-order valence-electron chi connectivity index (χ4n) is 4.96. The Morgan fingerprint density at radius 1 is 0.400 bits per heavy atom. The highest BCUT2D eigenvalue weighted by molar-refractivity contribution is 9.11. The molecule has 7 rings (SSSR count). The summed E-state index contributed by atoms with van der Waals surface area (Å²) in [6.07, 6.45) is 0. The summed E-state index contributed by atoms with van der Waals surface area (Å²) in [5, 5.41) is 0. The first-order chi connectivity index (χ1) is 21.2. The molecule has 0 N–H and O–H groups in total. The highest BCUT2D eigenvalue weighted by Gasteiger charge is 2.80. The molecule has 0 aliphatic heterocycles. The van der Waals surface area contributed by atoms with Crippen LogP contribution in [0.5, 0.6) is 0 Å². The zero-order valence-corrected chi connectivity index (χ0v) is 32.7. The van der Waals surface area contributed by atoms with Gasteiger partial charge in [-0.3, -0.25) is 0 Å². The molecule has 0 unspecified atom stereocenters. The zero-order chi connectivity index (χ0) is 32.1. The number of hydrogen-bond donors (Lipinski definition) is 0. The van der Waals surface area contributed by atoms with Crippen LogP contribution in [0, 0.1) is 0 Å². The third-order valence-electron chi connectivity index (χ3n) is 6.90. The smallest absolute Gasteiger partial charge is 0.194 e. The largest absolute Gasteiger partial charge is 0.380 e. The van der Waals surface area contributed by atoms with Crippen molar-refractivity contribution < 1.29 is 26.3 Å². The van der Waals surface area contributed by atoms with E-state index in [1.165, 1.54) is 57.5 Å². The first-order valence-electron chi connectivity index (χ1n) is 12.4. The second-order valence-electron chi connectivity index (χ2n) is 9.60. The minimum atomic E-state index is -5.69. The molecule has 1 aliphatic rings. The van der Waals surface area contributed by atoms with Crippen molar-refractivity contribution in [3.8, 4) is 39.0 Å². The zero-order valence-electron chi connectivity index (χ0n) is 21.5. The van der Waals surface area contributed by atoms with Gasteiger partial charge in [0.05, 0.1) is 24.9 Å². The summed E-state index contributed by atoms with van der Waals surface area (Å²) in [4.78, 5) is 3.76. The van der Waals surface area contributed by atoms with Crippen molar-refractivity contribution in [3.05, 3.63) is 86.9 Å². The molecule has 6 heterocycles. The van der Waals surface area contributed by atoms with E-state index in [9.17, 15) is 0 Å². The van der Waals surface area contributed by atoms with Crippen LogP contribution in [0.1, 0.15) is 11.1 Å². The van der Waals surface area contributed by atoms with Crippen molar-refractivity contribution >= 4 is 143 Å². The molecule has 0 bridgehead atoms. The van der Waals surface area contributed by atoms with Crippen LogP contribution in [0.3, 0.4) is 0 Å². The highest BCUT2D eigenvalue weighted by Crippen LogP contribution is 2.67. The average molecular weight is 984 g/mol. The molecule has 0 radical (unpaired) electrons. The molecule has 0 atom stereocenters. The van der Waals surface area contributed by atoms with E-state index >= 15 is 26.3 Å². The van der Waals surface area contributed by atoms with Crippen LogP contribution in [0.15, 0.2) is 75.8 Å². The Balaban J connectivity index is 1.58. The number of hydrogen-bond acceptors (Lipinski definition) is 6. The van der Waals surface area contributed by atoms with Crippen LogP contribution >= 0.6 is 132 Å². The summed E-state index contributed by atoms with van der Waals surface area (Å²) in [6.45, 7) is 0. The normalized spacial score (nSPS) is 17.1. The molecule has 1 aliphatic carbocycles. The maximum absolute atomic E-state index is 16.2. The average Bonchev–Trinajstić information content (AvgIpc) is 3.79. The lowest BCUT2D eigenvalue weighted by molar-refractivity contribution is -0.254. The molecule has 0 nitrogen and oxygen atoms in total. The highest BCUT2D eigenvalue weighted by atomic mass is 79.9. The van der Waals surface area contributed by atoms with Crippen molar-refractivity contribution in [2.45, 2.75) is 17.8 Å². The summed E-state index contributed by atoms with van der Waals surface area (Å²) in [6, 6.07) is 16.5. The molecule has 0 spiro atoms. The predicted molar refractivity (Wildman–Crippen MR) is 194 cm³/mol. The van der Waals surface area contributed by atoms with Gasteiger partial charge in [-0.25, -0.2) is 0 Å². The van der Waals surface area contributed by atoms with E-state index in [0.29, 0.717) is 36.8 Å². The van der Waals surface area contributed by atoms with Crippen molar-refractivity contribution in [1.82, 2.24) is 0 Å². The Labute approximate surface area is 309 Å². The van der Waals surface area contributed by atoms with Gasteiger partial charge in [-0.15, -0.1) is 68.0 Å². The summed E-state index contributed by atoms with van der Waals surface area (Å²) in [7, 11) is 0. The van der Waals surface area contributed by atoms with E-state index < -0.39 is 28.9 Å². The van der Waals surface area contributed by atoms with E-state index in [4.69, 9.17) is 0 Å². The molecule has 45 heavy (non-hydrogen) atoms. The summed E-state index contributed by atoms with van der Waals surface area (Å²) in [5.74, 6) is -16.1. The number of thiophene rings is 6. The molecule has 0 aromatic carbocycles. The minimum absolute atomic E-state index is 0.212. The van der Waals surface area contributed by atoms with Gasteiger partial charge in [-0.05, 0) is 124 Å². The van der Waals surface area contributed by atoms with Gasteiger partial charge >= 0.3 is 17.8 Å². The monoisotopic (exact) mass is 980 g/mol. The first kappa shape index (κ1) is 33.0.